The summed E-state index contributed by atoms with van der Waals surface area (Å²) in [6.07, 6.45) is 1.45. The quantitative estimate of drug-likeness (QED) is 0.712. The summed E-state index contributed by atoms with van der Waals surface area (Å²) in [6.45, 7) is 3.67. The summed E-state index contributed by atoms with van der Waals surface area (Å²) in [4.78, 5) is 12.3. The van der Waals surface area contributed by atoms with E-state index in [-0.39, 0.29) is 16.6 Å². The lowest BCUT2D eigenvalue weighted by atomic mass is 10.2. The van der Waals surface area contributed by atoms with Crippen LogP contribution in [-0.4, -0.2) is 14.3 Å². The summed E-state index contributed by atoms with van der Waals surface area (Å²) < 4.78 is 32.4. The molecule has 0 fully saturated rings. The topological polar surface area (TPSA) is 88.4 Å². The molecule has 3 aromatic rings. The van der Waals surface area contributed by atoms with E-state index in [2.05, 4.69) is 10.0 Å². The van der Waals surface area contributed by atoms with Crippen LogP contribution >= 0.6 is 0 Å². The smallest absolute Gasteiger partial charge is 0.291 e. The molecule has 0 atom stereocenters. The fourth-order valence-corrected chi connectivity index (χ4v) is 3.40. The standard InChI is InChI=1S/C19H18N2O4S/c1-13-3-9-17(10-4-13)26(23,24)21-16-7-5-15(6-8-16)20-19(22)18-14(2)11-12-25-18/h3-12,21H,1-2H3,(H,20,22). The fraction of sp³-hybridized carbons (Fsp3) is 0.105. The molecule has 1 heterocycles. The van der Waals surface area contributed by atoms with Gasteiger partial charge in [0.15, 0.2) is 5.76 Å². The van der Waals surface area contributed by atoms with Gasteiger partial charge in [-0.2, -0.15) is 0 Å². The Bertz CT molecular complexity index is 1020. The molecule has 0 spiro atoms. The van der Waals surface area contributed by atoms with Gasteiger partial charge in [0.05, 0.1) is 11.2 Å². The molecule has 0 aliphatic heterocycles. The Morgan fingerprint density at radius 2 is 1.50 bits per heavy atom. The number of hydrogen-bond acceptors (Lipinski definition) is 4. The van der Waals surface area contributed by atoms with Gasteiger partial charge < -0.3 is 9.73 Å². The first-order chi connectivity index (χ1) is 12.3. The minimum Gasteiger partial charge on any atom is -0.459 e. The van der Waals surface area contributed by atoms with Crippen molar-refractivity contribution in [3.63, 3.8) is 0 Å². The lowest BCUT2D eigenvalue weighted by Crippen LogP contribution is -2.14. The average molecular weight is 370 g/mol. The van der Waals surface area contributed by atoms with Crippen LogP contribution in [0.25, 0.3) is 0 Å². The average Bonchev–Trinajstić information content (AvgIpc) is 3.03. The molecule has 134 valence electrons. The molecule has 0 saturated carbocycles. The first kappa shape index (κ1) is 17.8. The Morgan fingerprint density at radius 3 is 2.08 bits per heavy atom. The summed E-state index contributed by atoms with van der Waals surface area (Å²) in [5.74, 6) is -0.116. The molecule has 6 nitrogen and oxygen atoms in total. The van der Waals surface area contributed by atoms with Crippen molar-refractivity contribution in [1.29, 1.82) is 0 Å². The zero-order valence-electron chi connectivity index (χ0n) is 14.3. The number of sulfonamides is 1. The summed E-state index contributed by atoms with van der Waals surface area (Å²) in [5, 5.41) is 2.70. The predicted molar refractivity (Wildman–Crippen MR) is 99.8 cm³/mol. The van der Waals surface area contributed by atoms with Gasteiger partial charge in [0.25, 0.3) is 15.9 Å². The third kappa shape index (κ3) is 3.94. The zero-order valence-corrected chi connectivity index (χ0v) is 15.1. The molecule has 0 aliphatic rings. The van der Waals surface area contributed by atoms with Crippen LogP contribution in [0.2, 0.25) is 0 Å². The molecule has 1 amide bonds. The Hall–Kier alpha value is -3.06. The zero-order chi connectivity index (χ0) is 18.7. The maximum absolute atomic E-state index is 12.4. The maximum Gasteiger partial charge on any atom is 0.291 e. The van der Waals surface area contributed by atoms with Gasteiger partial charge in [0.1, 0.15) is 0 Å². The van der Waals surface area contributed by atoms with E-state index in [0.29, 0.717) is 11.4 Å². The molecule has 0 radical (unpaired) electrons. The van der Waals surface area contributed by atoms with E-state index < -0.39 is 10.0 Å². The number of amides is 1. The van der Waals surface area contributed by atoms with Crippen molar-refractivity contribution in [1.82, 2.24) is 0 Å². The molecule has 2 aromatic carbocycles. The van der Waals surface area contributed by atoms with Crippen molar-refractivity contribution >= 4 is 27.3 Å². The number of anilines is 2. The number of rotatable bonds is 5. The number of benzene rings is 2. The lowest BCUT2D eigenvalue weighted by Gasteiger charge is -2.09. The fourth-order valence-electron chi connectivity index (χ4n) is 2.35. The second-order valence-corrected chi connectivity index (χ2v) is 7.57. The molecule has 3 rings (SSSR count). The van der Waals surface area contributed by atoms with Gasteiger partial charge in [0, 0.05) is 16.9 Å². The van der Waals surface area contributed by atoms with Crippen LogP contribution in [0.3, 0.4) is 0 Å². The summed E-state index contributed by atoms with van der Waals surface area (Å²) in [6, 6.07) is 14.7. The summed E-state index contributed by atoms with van der Waals surface area (Å²) in [7, 11) is -3.66. The van der Waals surface area contributed by atoms with Crippen LogP contribution in [-0.2, 0) is 10.0 Å². The van der Waals surface area contributed by atoms with E-state index in [1.54, 1.807) is 61.5 Å². The highest BCUT2D eigenvalue weighted by atomic mass is 32.2. The number of aryl methyl sites for hydroxylation is 2. The molecule has 1 aromatic heterocycles. The largest absolute Gasteiger partial charge is 0.459 e. The first-order valence-corrected chi connectivity index (χ1v) is 9.38. The van der Waals surface area contributed by atoms with Gasteiger partial charge in [-0.05, 0) is 56.3 Å². The van der Waals surface area contributed by atoms with Crippen molar-refractivity contribution in [2.75, 3.05) is 10.0 Å². The highest BCUT2D eigenvalue weighted by Gasteiger charge is 2.15. The van der Waals surface area contributed by atoms with Crippen molar-refractivity contribution in [2.24, 2.45) is 0 Å². The van der Waals surface area contributed by atoms with E-state index in [0.717, 1.165) is 11.1 Å². The van der Waals surface area contributed by atoms with Gasteiger partial charge >= 0.3 is 0 Å². The van der Waals surface area contributed by atoms with E-state index >= 15 is 0 Å². The highest BCUT2D eigenvalue weighted by Crippen LogP contribution is 2.20. The molecule has 2 N–H and O–H groups in total. The molecule has 0 aliphatic carbocycles. The molecule has 0 unspecified atom stereocenters. The van der Waals surface area contributed by atoms with Crippen LogP contribution in [0, 0.1) is 13.8 Å². The monoisotopic (exact) mass is 370 g/mol. The number of carbonyl (C=O) groups is 1. The second-order valence-electron chi connectivity index (χ2n) is 5.88. The Labute approximate surface area is 151 Å². The third-order valence-electron chi connectivity index (χ3n) is 3.79. The van der Waals surface area contributed by atoms with Crippen LogP contribution in [0.4, 0.5) is 11.4 Å². The molecule has 0 saturated heterocycles. The van der Waals surface area contributed by atoms with Crippen molar-refractivity contribution in [3.05, 3.63) is 77.7 Å². The molecular weight excluding hydrogens is 352 g/mol. The van der Waals surface area contributed by atoms with Gasteiger partial charge in [0.2, 0.25) is 0 Å². The van der Waals surface area contributed by atoms with Gasteiger partial charge in [-0.3, -0.25) is 9.52 Å². The Balaban J connectivity index is 1.70. The van der Waals surface area contributed by atoms with E-state index in [9.17, 15) is 13.2 Å². The normalized spacial score (nSPS) is 11.2. The minimum atomic E-state index is -3.66. The molecule has 26 heavy (non-hydrogen) atoms. The molecular formula is C19H18N2O4S. The Morgan fingerprint density at radius 1 is 0.885 bits per heavy atom. The third-order valence-corrected chi connectivity index (χ3v) is 5.19. The van der Waals surface area contributed by atoms with Crippen molar-refractivity contribution < 1.29 is 17.6 Å². The Kier molecular flexibility index (Phi) is 4.81. The number of nitrogens with one attached hydrogen (secondary N) is 2. The first-order valence-electron chi connectivity index (χ1n) is 7.90. The summed E-state index contributed by atoms with van der Waals surface area (Å²) in [5.41, 5.74) is 2.66. The number of furan rings is 1. The lowest BCUT2D eigenvalue weighted by molar-refractivity contribution is 0.0996. The molecule has 0 bridgehead atoms. The van der Waals surface area contributed by atoms with Gasteiger partial charge in [-0.1, -0.05) is 17.7 Å². The van der Waals surface area contributed by atoms with Gasteiger partial charge in [-0.25, -0.2) is 8.42 Å². The summed E-state index contributed by atoms with van der Waals surface area (Å²) >= 11 is 0. The van der Waals surface area contributed by atoms with E-state index in [1.165, 1.54) is 6.26 Å². The minimum absolute atomic E-state index is 0.189. The van der Waals surface area contributed by atoms with Crippen LogP contribution in [0.5, 0.6) is 0 Å². The van der Waals surface area contributed by atoms with Crippen LogP contribution < -0.4 is 10.0 Å². The van der Waals surface area contributed by atoms with Crippen molar-refractivity contribution in [3.8, 4) is 0 Å². The van der Waals surface area contributed by atoms with Crippen molar-refractivity contribution in [2.45, 2.75) is 18.7 Å². The molecule has 7 heteroatoms. The SMILES string of the molecule is Cc1ccc(S(=O)(=O)Nc2ccc(NC(=O)c3occc3C)cc2)cc1. The maximum atomic E-state index is 12.4. The number of carbonyl (C=O) groups excluding carboxylic acids is 1. The second kappa shape index (κ2) is 7.05. The van der Waals surface area contributed by atoms with Crippen LogP contribution in [0.15, 0.2) is 70.2 Å². The number of hydrogen-bond donors (Lipinski definition) is 2. The van der Waals surface area contributed by atoms with E-state index in [4.69, 9.17) is 4.42 Å². The van der Waals surface area contributed by atoms with E-state index in [1.807, 2.05) is 6.92 Å². The predicted octanol–water partition coefficient (Wildman–Crippen LogP) is 3.95. The van der Waals surface area contributed by atoms with Crippen LogP contribution in [0.1, 0.15) is 21.7 Å². The van der Waals surface area contributed by atoms with Gasteiger partial charge in [-0.15, -0.1) is 0 Å². The highest BCUT2D eigenvalue weighted by molar-refractivity contribution is 7.92.